The normalized spacial score (nSPS) is 16.2. The van der Waals surface area contributed by atoms with E-state index < -0.39 is 16.1 Å². The third-order valence-electron chi connectivity index (χ3n) is 3.41. The fourth-order valence-electron chi connectivity index (χ4n) is 2.31. The van der Waals surface area contributed by atoms with Gasteiger partial charge >= 0.3 is 6.03 Å². The van der Waals surface area contributed by atoms with E-state index in [0.29, 0.717) is 43.2 Å². The third-order valence-corrected chi connectivity index (χ3v) is 5.28. The molecule has 0 spiro atoms. The lowest BCUT2D eigenvalue weighted by Crippen LogP contribution is -2.31. The molecule has 1 aliphatic rings. The summed E-state index contributed by atoms with van der Waals surface area (Å²) in [5, 5.41) is 5.29. The number of hydrogen-bond donors (Lipinski definition) is 2. The van der Waals surface area contributed by atoms with Crippen molar-refractivity contribution >= 4 is 27.4 Å². The van der Waals surface area contributed by atoms with Crippen LogP contribution in [-0.2, 0) is 14.8 Å². The van der Waals surface area contributed by atoms with Crippen molar-refractivity contribution in [2.45, 2.75) is 6.42 Å². The van der Waals surface area contributed by atoms with E-state index in [4.69, 9.17) is 9.47 Å². The molecule has 1 aliphatic heterocycles. The summed E-state index contributed by atoms with van der Waals surface area (Å²) in [4.78, 5) is 11.9. The fraction of sp³-hybridized carbons (Fsp3) is 0.500. The number of anilines is 2. The summed E-state index contributed by atoms with van der Waals surface area (Å²) in [7, 11) is -0.249. The maximum atomic E-state index is 12.0. The Bertz CT molecular complexity index is 662. The molecule has 1 aromatic rings. The number of ether oxygens (including phenoxy) is 2. The Balaban J connectivity index is 2.17. The summed E-state index contributed by atoms with van der Waals surface area (Å²) in [6.07, 6.45) is 0.592. The molecule has 0 radical (unpaired) electrons. The molecule has 8 nitrogen and oxygen atoms in total. The van der Waals surface area contributed by atoms with Gasteiger partial charge in [0.1, 0.15) is 5.75 Å². The van der Waals surface area contributed by atoms with E-state index in [0.717, 1.165) is 0 Å². The zero-order valence-electron chi connectivity index (χ0n) is 13.2. The van der Waals surface area contributed by atoms with E-state index >= 15 is 0 Å². The highest BCUT2D eigenvalue weighted by molar-refractivity contribution is 7.93. The highest BCUT2D eigenvalue weighted by Gasteiger charge is 2.29. The average molecular weight is 343 g/mol. The van der Waals surface area contributed by atoms with Gasteiger partial charge in [0.05, 0.1) is 30.8 Å². The van der Waals surface area contributed by atoms with Crippen molar-refractivity contribution in [1.29, 1.82) is 0 Å². The first-order chi connectivity index (χ1) is 11.0. The Morgan fingerprint density at radius 1 is 1.35 bits per heavy atom. The highest BCUT2D eigenvalue weighted by Crippen LogP contribution is 2.32. The van der Waals surface area contributed by atoms with Crippen molar-refractivity contribution in [1.82, 2.24) is 5.32 Å². The molecule has 2 amide bonds. The predicted molar refractivity (Wildman–Crippen MR) is 87.6 cm³/mol. The molecule has 128 valence electrons. The summed E-state index contributed by atoms with van der Waals surface area (Å²) in [6.45, 7) is 1.20. The number of carbonyl (C=O) groups is 1. The molecule has 9 heteroatoms. The van der Waals surface area contributed by atoms with Gasteiger partial charge in [-0.15, -0.1) is 0 Å². The van der Waals surface area contributed by atoms with Gasteiger partial charge in [-0.1, -0.05) is 0 Å². The van der Waals surface area contributed by atoms with E-state index in [1.807, 2.05) is 0 Å². The molecule has 0 aliphatic carbocycles. The minimum Gasteiger partial charge on any atom is -0.495 e. The smallest absolute Gasteiger partial charge is 0.319 e. The van der Waals surface area contributed by atoms with Crippen molar-refractivity contribution in [3.63, 3.8) is 0 Å². The Morgan fingerprint density at radius 2 is 2.13 bits per heavy atom. The number of benzene rings is 1. The van der Waals surface area contributed by atoms with Crippen molar-refractivity contribution < 1.29 is 22.7 Å². The van der Waals surface area contributed by atoms with Crippen LogP contribution in [0.4, 0.5) is 16.2 Å². The minimum absolute atomic E-state index is 0.138. The van der Waals surface area contributed by atoms with E-state index in [1.54, 1.807) is 25.3 Å². The second kappa shape index (κ2) is 7.51. The number of carbonyl (C=O) groups excluding carboxylic acids is 1. The fourth-order valence-corrected chi connectivity index (χ4v) is 3.87. The monoisotopic (exact) mass is 343 g/mol. The molecule has 2 N–H and O–H groups in total. The lowest BCUT2D eigenvalue weighted by molar-refractivity contribution is 0.198. The first-order valence-corrected chi connectivity index (χ1v) is 8.81. The molecular weight excluding hydrogens is 322 g/mol. The van der Waals surface area contributed by atoms with Gasteiger partial charge in [0, 0.05) is 20.2 Å². The number of amides is 2. The third kappa shape index (κ3) is 4.26. The lowest BCUT2D eigenvalue weighted by Gasteiger charge is -2.19. The van der Waals surface area contributed by atoms with Crippen LogP contribution in [0.3, 0.4) is 0 Å². The maximum Gasteiger partial charge on any atom is 0.319 e. The summed E-state index contributed by atoms with van der Waals surface area (Å²) >= 11 is 0. The van der Waals surface area contributed by atoms with Crippen molar-refractivity contribution in [2.24, 2.45) is 0 Å². The Hall–Kier alpha value is -2.00. The topological polar surface area (TPSA) is 97.0 Å². The van der Waals surface area contributed by atoms with Gasteiger partial charge in [-0.05, 0) is 24.6 Å². The molecule has 0 saturated carbocycles. The molecule has 1 heterocycles. The first-order valence-electron chi connectivity index (χ1n) is 7.20. The second-order valence-electron chi connectivity index (χ2n) is 5.00. The van der Waals surface area contributed by atoms with Crippen LogP contribution in [0.5, 0.6) is 5.75 Å². The van der Waals surface area contributed by atoms with Gasteiger partial charge in [-0.3, -0.25) is 4.31 Å². The predicted octanol–water partition coefficient (Wildman–Crippen LogP) is 1.00. The SMILES string of the molecule is COCCNC(=O)Nc1cc(N2CCCS2(=O)=O)ccc1OC. The molecule has 1 fully saturated rings. The van der Waals surface area contributed by atoms with Crippen molar-refractivity contribution in [3.8, 4) is 5.75 Å². The molecule has 2 rings (SSSR count). The first kappa shape index (κ1) is 17.4. The van der Waals surface area contributed by atoms with Crippen LogP contribution in [0.15, 0.2) is 18.2 Å². The molecule has 0 atom stereocenters. The van der Waals surface area contributed by atoms with Crippen LogP contribution in [0.1, 0.15) is 6.42 Å². The van der Waals surface area contributed by atoms with E-state index in [-0.39, 0.29) is 5.75 Å². The van der Waals surface area contributed by atoms with Crippen LogP contribution < -0.4 is 19.7 Å². The van der Waals surface area contributed by atoms with Crippen LogP contribution in [-0.4, -0.2) is 54.1 Å². The Morgan fingerprint density at radius 3 is 2.74 bits per heavy atom. The summed E-state index contributed by atoms with van der Waals surface area (Å²) in [6, 6.07) is 4.48. The van der Waals surface area contributed by atoms with Gasteiger partial charge in [0.2, 0.25) is 10.0 Å². The van der Waals surface area contributed by atoms with E-state index in [1.165, 1.54) is 11.4 Å². The Kier molecular flexibility index (Phi) is 5.67. The number of urea groups is 1. The van der Waals surface area contributed by atoms with E-state index in [2.05, 4.69) is 10.6 Å². The molecular formula is C14H21N3O5S. The zero-order chi connectivity index (χ0) is 16.9. The van der Waals surface area contributed by atoms with E-state index in [9.17, 15) is 13.2 Å². The number of hydrogen-bond acceptors (Lipinski definition) is 5. The van der Waals surface area contributed by atoms with Crippen LogP contribution in [0.25, 0.3) is 0 Å². The molecule has 0 aromatic heterocycles. The minimum atomic E-state index is -3.27. The number of rotatable bonds is 6. The van der Waals surface area contributed by atoms with Crippen LogP contribution >= 0.6 is 0 Å². The quantitative estimate of drug-likeness (QED) is 0.751. The van der Waals surface area contributed by atoms with Crippen molar-refractivity contribution in [2.75, 3.05) is 49.3 Å². The Labute approximate surface area is 135 Å². The zero-order valence-corrected chi connectivity index (χ0v) is 14.0. The second-order valence-corrected chi connectivity index (χ2v) is 7.01. The highest BCUT2D eigenvalue weighted by atomic mass is 32.2. The van der Waals surface area contributed by atoms with Gasteiger partial charge in [-0.2, -0.15) is 0 Å². The van der Waals surface area contributed by atoms with Crippen LogP contribution in [0, 0.1) is 0 Å². The summed E-state index contributed by atoms with van der Waals surface area (Å²) < 4.78 is 35.4. The molecule has 23 heavy (non-hydrogen) atoms. The standard InChI is InChI=1S/C14H21N3O5S/c1-21-8-6-15-14(18)16-12-10-11(4-5-13(12)22-2)17-7-3-9-23(17,19)20/h4-5,10H,3,6-9H2,1-2H3,(H2,15,16,18). The number of nitrogens with one attached hydrogen (secondary N) is 2. The molecule has 0 unspecified atom stereocenters. The lowest BCUT2D eigenvalue weighted by atomic mass is 10.2. The number of sulfonamides is 1. The maximum absolute atomic E-state index is 12.0. The molecule has 1 saturated heterocycles. The van der Waals surface area contributed by atoms with Crippen LogP contribution in [0.2, 0.25) is 0 Å². The van der Waals surface area contributed by atoms with Gasteiger partial charge < -0.3 is 20.1 Å². The number of nitrogens with zero attached hydrogens (tertiary/aromatic N) is 1. The van der Waals surface area contributed by atoms with Gasteiger partial charge in [-0.25, -0.2) is 13.2 Å². The summed E-state index contributed by atoms with van der Waals surface area (Å²) in [5.74, 6) is 0.589. The molecule has 0 bridgehead atoms. The van der Waals surface area contributed by atoms with Crippen molar-refractivity contribution in [3.05, 3.63) is 18.2 Å². The average Bonchev–Trinajstić information content (AvgIpc) is 2.87. The van der Waals surface area contributed by atoms with Gasteiger partial charge in [0.15, 0.2) is 0 Å². The van der Waals surface area contributed by atoms with Gasteiger partial charge in [0.25, 0.3) is 0 Å². The number of methoxy groups -OCH3 is 2. The summed E-state index contributed by atoms with van der Waals surface area (Å²) in [5.41, 5.74) is 0.914. The molecule has 1 aromatic carbocycles. The largest absolute Gasteiger partial charge is 0.495 e.